The van der Waals surface area contributed by atoms with E-state index < -0.39 is 6.10 Å². The molecule has 0 bridgehead atoms. The molecular weight excluding hydrogens is 485 g/mol. The summed E-state index contributed by atoms with van der Waals surface area (Å²) in [6.07, 6.45) is 2.14. The Balaban J connectivity index is 1.74. The largest absolute Gasteiger partial charge is 0.392 e. The van der Waals surface area contributed by atoms with Crippen molar-refractivity contribution >= 4 is 40.1 Å². The van der Waals surface area contributed by atoms with Crippen LogP contribution in [0.4, 0.5) is 21.2 Å². The van der Waals surface area contributed by atoms with Gasteiger partial charge in [0.1, 0.15) is 0 Å². The first kappa shape index (κ1) is 25.6. The summed E-state index contributed by atoms with van der Waals surface area (Å²) in [5.74, 6) is 0.979. The molecule has 3 aromatic rings. The molecule has 3 heterocycles. The topological polar surface area (TPSA) is 89.4 Å². The third-order valence-corrected chi connectivity index (χ3v) is 7.69. The third-order valence-electron chi connectivity index (χ3n) is 5.58. The van der Waals surface area contributed by atoms with Crippen molar-refractivity contribution in [3.05, 3.63) is 36.3 Å². The van der Waals surface area contributed by atoms with Gasteiger partial charge in [-0.1, -0.05) is 36.3 Å². The molecular formula is C24H32FN7OS2. The lowest BCUT2D eigenvalue weighted by molar-refractivity contribution is 0.208. The van der Waals surface area contributed by atoms with Crippen molar-refractivity contribution in [2.24, 2.45) is 0 Å². The van der Waals surface area contributed by atoms with Gasteiger partial charge >= 0.3 is 0 Å². The van der Waals surface area contributed by atoms with Crippen LogP contribution in [0.1, 0.15) is 20.3 Å². The zero-order valence-corrected chi connectivity index (χ0v) is 21.9. The normalized spacial score (nSPS) is 15.3. The van der Waals surface area contributed by atoms with E-state index in [1.54, 1.807) is 25.3 Å². The van der Waals surface area contributed by atoms with Gasteiger partial charge in [-0.05, 0) is 38.6 Å². The van der Waals surface area contributed by atoms with Crippen LogP contribution in [0.5, 0.6) is 0 Å². The van der Waals surface area contributed by atoms with E-state index in [9.17, 15) is 5.11 Å². The standard InChI is InChI=1S/C24H32FN7OS2/c1-4-14-34-30-18-7-5-6-17(20(18)25)21-22(19-8-9-26-23(28-19)27-15-16(2)33)35-24(29-21)32-12-10-31(3)11-13-32/h5-9,16,30,33H,4,10-15H2,1-3H3,(H,26,27,28)/t16-/m0/s1. The molecule has 0 aliphatic carbocycles. The lowest BCUT2D eigenvalue weighted by Gasteiger charge is -2.32. The molecule has 1 aliphatic rings. The minimum atomic E-state index is -0.528. The highest BCUT2D eigenvalue weighted by Crippen LogP contribution is 2.42. The Morgan fingerprint density at radius 3 is 2.74 bits per heavy atom. The Bertz CT molecular complexity index is 1120. The predicted molar refractivity (Wildman–Crippen MR) is 145 cm³/mol. The van der Waals surface area contributed by atoms with Crippen molar-refractivity contribution in [2.75, 3.05) is 60.5 Å². The van der Waals surface area contributed by atoms with Crippen LogP contribution in [-0.2, 0) is 0 Å². The molecule has 11 heteroatoms. The van der Waals surface area contributed by atoms with Crippen LogP contribution in [0.15, 0.2) is 30.5 Å². The third kappa shape index (κ3) is 6.40. The zero-order valence-electron chi connectivity index (χ0n) is 20.3. The van der Waals surface area contributed by atoms with Crippen molar-refractivity contribution in [3.63, 3.8) is 0 Å². The van der Waals surface area contributed by atoms with E-state index in [-0.39, 0.29) is 5.82 Å². The molecule has 1 saturated heterocycles. The molecule has 0 radical (unpaired) electrons. The smallest absolute Gasteiger partial charge is 0.223 e. The number of nitrogens with one attached hydrogen (secondary N) is 2. The Hall–Kier alpha value is -2.47. The number of hydrogen-bond acceptors (Lipinski definition) is 10. The summed E-state index contributed by atoms with van der Waals surface area (Å²) in [5.41, 5.74) is 2.13. The Morgan fingerprint density at radius 1 is 1.20 bits per heavy atom. The van der Waals surface area contributed by atoms with Crippen LogP contribution < -0.4 is 14.9 Å². The van der Waals surface area contributed by atoms with E-state index in [1.165, 1.54) is 23.3 Å². The second kappa shape index (κ2) is 12.0. The second-order valence-corrected chi connectivity index (χ2v) is 10.5. The summed E-state index contributed by atoms with van der Waals surface area (Å²) in [5, 5.41) is 13.5. The van der Waals surface area contributed by atoms with E-state index in [1.807, 2.05) is 12.1 Å². The van der Waals surface area contributed by atoms with Gasteiger partial charge in [0.15, 0.2) is 10.9 Å². The van der Waals surface area contributed by atoms with Crippen LogP contribution in [0.3, 0.4) is 0 Å². The van der Waals surface area contributed by atoms with Gasteiger partial charge in [0.2, 0.25) is 5.95 Å². The zero-order chi connectivity index (χ0) is 24.8. The SMILES string of the molecule is CCCSNc1cccc(-c2nc(N3CCN(C)CC3)sc2-c2ccnc(NC[C@H](C)O)n2)c1F. The molecule has 35 heavy (non-hydrogen) atoms. The van der Waals surface area contributed by atoms with Crippen molar-refractivity contribution < 1.29 is 9.50 Å². The highest BCUT2D eigenvalue weighted by atomic mass is 32.2. The first-order valence-corrected chi connectivity index (χ1v) is 13.6. The lowest BCUT2D eigenvalue weighted by Crippen LogP contribution is -2.44. The minimum Gasteiger partial charge on any atom is -0.392 e. The molecule has 1 aliphatic heterocycles. The van der Waals surface area contributed by atoms with Crippen LogP contribution in [0.2, 0.25) is 0 Å². The molecule has 188 valence electrons. The first-order chi connectivity index (χ1) is 17.0. The van der Waals surface area contributed by atoms with Crippen LogP contribution in [0, 0.1) is 5.82 Å². The van der Waals surface area contributed by atoms with Crippen LogP contribution in [-0.4, -0.2) is 76.6 Å². The summed E-state index contributed by atoms with van der Waals surface area (Å²) in [6, 6.07) is 7.18. The quantitative estimate of drug-likeness (QED) is 0.267. The number of thiazole rings is 1. The van der Waals surface area contributed by atoms with Crippen LogP contribution >= 0.6 is 23.3 Å². The van der Waals surface area contributed by atoms with E-state index in [2.05, 4.69) is 43.8 Å². The number of aliphatic hydroxyl groups excluding tert-OH is 1. The fraction of sp³-hybridized carbons (Fsp3) is 0.458. The number of likely N-dealkylation sites (N-methyl/N-ethyl adjacent to an activating group) is 1. The number of nitrogens with zero attached hydrogens (tertiary/aromatic N) is 5. The molecule has 3 N–H and O–H groups in total. The van der Waals surface area contributed by atoms with Crippen molar-refractivity contribution in [3.8, 4) is 21.8 Å². The molecule has 4 rings (SSSR count). The number of rotatable bonds is 10. The second-order valence-electron chi connectivity index (χ2n) is 8.58. The average molecular weight is 518 g/mol. The van der Waals surface area contributed by atoms with Crippen molar-refractivity contribution in [1.29, 1.82) is 0 Å². The van der Waals surface area contributed by atoms with Gasteiger partial charge in [-0.2, -0.15) is 0 Å². The van der Waals surface area contributed by atoms with E-state index in [0.29, 0.717) is 35.1 Å². The van der Waals surface area contributed by atoms with Gasteiger partial charge in [0.25, 0.3) is 0 Å². The van der Waals surface area contributed by atoms with Gasteiger partial charge in [-0.3, -0.25) is 0 Å². The Morgan fingerprint density at radius 2 is 2.00 bits per heavy atom. The highest BCUT2D eigenvalue weighted by Gasteiger charge is 2.24. The molecule has 8 nitrogen and oxygen atoms in total. The summed E-state index contributed by atoms with van der Waals surface area (Å²) < 4.78 is 18.8. The molecule has 1 fully saturated rings. The van der Waals surface area contributed by atoms with Crippen LogP contribution in [0.25, 0.3) is 21.8 Å². The molecule has 1 atom stereocenters. The van der Waals surface area contributed by atoms with Gasteiger partial charge in [-0.25, -0.2) is 19.3 Å². The van der Waals surface area contributed by atoms with Crippen molar-refractivity contribution in [1.82, 2.24) is 19.9 Å². The Kier molecular flexibility index (Phi) is 8.77. The lowest BCUT2D eigenvalue weighted by atomic mass is 10.1. The fourth-order valence-electron chi connectivity index (χ4n) is 3.63. The van der Waals surface area contributed by atoms with E-state index in [0.717, 1.165) is 48.4 Å². The van der Waals surface area contributed by atoms with Gasteiger partial charge < -0.3 is 24.9 Å². The number of benzene rings is 1. The number of piperazine rings is 1. The monoisotopic (exact) mass is 517 g/mol. The molecule has 0 unspecified atom stereocenters. The molecule has 0 amide bonds. The summed E-state index contributed by atoms with van der Waals surface area (Å²) >= 11 is 3.01. The maximum absolute atomic E-state index is 15.7. The van der Waals surface area contributed by atoms with E-state index >= 15 is 4.39 Å². The molecule has 0 saturated carbocycles. The first-order valence-electron chi connectivity index (χ1n) is 11.8. The van der Waals surface area contributed by atoms with Gasteiger partial charge in [-0.15, -0.1) is 0 Å². The Labute approximate surface area is 214 Å². The summed E-state index contributed by atoms with van der Waals surface area (Å²) in [7, 11) is 2.11. The molecule has 0 spiro atoms. The number of hydrogen-bond donors (Lipinski definition) is 3. The molecule has 1 aromatic carbocycles. The van der Waals surface area contributed by atoms with Gasteiger partial charge in [0, 0.05) is 50.2 Å². The van der Waals surface area contributed by atoms with E-state index in [4.69, 9.17) is 4.98 Å². The maximum Gasteiger partial charge on any atom is 0.223 e. The number of aromatic nitrogens is 3. The fourth-order valence-corrected chi connectivity index (χ4v) is 5.35. The number of anilines is 3. The summed E-state index contributed by atoms with van der Waals surface area (Å²) in [4.78, 5) is 19.2. The minimum absolute atomic E-state index is 0.325. The molecule has 2 aromatic heterocycles. The summed E-state index contributed by atoms with van der Waals surface area (Å²) in [6.45, 7) is 7.76. The number of aliphatic hydroxyl groups is 1. The van der Waals surface area contributed by atoms with Crippen molar-refractivity contribution in [2.45, 2.75) is 26.4 Å². The predicted octanol–water partition coefficient (Wildman–Crippen LogP) is 4.42. The van der Waals surface area contributed by atoms with Gasteiger partial charge in [0.05, 0.1) is 28.1 Å². The number of halogens is 1. The average Bonchev–Trinajstić information content (AvgIpc) is 3.30. The maximum atomic E-state index is 15.7. The highest BCUT2D eigenvalue weighted by molar-refractivity contribution is 8.00.